The number of amides is 1. The first-order valence-electron chi connectivity index (χ1n) is 11.3. The van der Waals surface area contributed by atoms with Crippen molar-refractivity contribution in [2.75, 3.05) is 11.1 Å². The van der Waals surface area contributed by atoms with Gasteiger partial charge in [-0.3, -0.25) is 14.2 Å². The molecular weight excluding hydrogens is 474 g/mol. The fourth-order valence-electron chi connectivity index (χ4n) is 3.98. The van der Waals surface area contributed by atoms with Crippen LogP contribution >= 0.6 is 23.1 Å². The number of hydrogen-bond acceptors (Lipinski definition) is 5. The summed E-state index contributed by atoms with van der Waals surface area (Å²) in [5, 5.41) is 4.12. The molecule has 1 amide bonds. The maximum atomic E-state index is 13.9. The predicted molar refractivity (Wildman–Crippen MR) is 146 cm³/mol. The Bertz CT molecular complexity index is 1530. The molecule has 0 unspecified atom stereocenters. The van der Waals surface area contributed by atoms with E-state index in [4.69, 9.17) is 4.98 Å². The molecule has 5 aromatic rings. The van der Waals surface area contributed by atoms with Gasteiger partial charge >= 0.3 is 0 Å². The van der Waals surface area contributed by atoms with Crippen molar-refractivity contribution in [2.24, 2.45) is 0 Å². The van der Waals surface area contributed by atoms with Crippen LogP contribution in [-0.4, -0.2) is 21.2 Å². The lowest BCUT2D eigenvalue weighted by atomic mass is 10.0. The molecule has 7 heteroatoms. The lowest BCUT2D eigenvalue weighted by Crippen LogP contribution is -2.22. The van der Waals surface area contributed by atoms with Crippen LogP contribution in [-0.2, 0) is 4.79 Å². The van der Waals surface area contributed by atoms with Crippen LogP contribution in [0.3, 0.4) is 0 Å². The molecule has 0 aliphatic rings. The highest BCUT2D eigenvalue weighted by atomic mass is 32.2. The quantitative estimate of drug-likeness (QED) is 0.205. The number of carbonyl (C=O) groups is 1. The summed E-state index contributed by atoms with van der Waals surface area (Å²) >= 11 is 2.95. The molecule has 5 rings (SSSR count). The van der Waals surface area contributed by atoms with Crippen LogP contribution in [0.25, 0.3) is 27.0 Å². The number of rotatable bonds is 7. The van der Waals surface area contributed by atoms with Gasteiger partial charge in [-0.15, -0.1) is 11.3 Å². The molecule has 35 heavy (non-hydrogen) atoms. The molecule has 0 aliphatic heterocycles. The lowest BCUT2D eigenvalue weighted by Gasteiger charge is -2.13. The number of hydrogen-bond donors (Lipinski definition) is 1. The second-order valence-corrected chi connectivity index (χ2v) is 10.2. The number of nitrogens with zero attached hydrogens (tertiary/aromatic N) is 2. The van der Waals surface area contributed by atoms with Crippen molar-refractivity contribution in [1.82, 2.24) is 9.55 Å². The molecule has 0 saturated heterocycles. The molecule has 0 saturated carbocycles. The fraction of sp³-hybridized carbons (Fsp3) is 0.107. The molecule has 174 valence electrons. The van der Waals surface area contributed by atoms with Gasteiger partial charge in [0.25, 0.3) is 5.56 Å². The topological polar surface area (TPSA) is 64.0 Å². The van der Waals surface area contributed by atoms with Crippen molar-refractivity contribution < 1.29 is 4.79 Å². The van der Waals surface area contributed by atoms with Crippen LogP contribution in [0.15, 0.2) is 101 Å². The van der Waals surface area contributed by atoms with Crippen LogP contribution in [0.5, 0.6) is 0 Å². The van der Waals surface area contributed by atoms with E-state index in [-0.39, 0.29) is 11.5 Å². The number of thioether (sulfide) groups is 1. The third-order valence-corrected chi connectivity index (χ3v) is 7.51. The molecule has 0 atom stereocenters. The van der Waals surface area contributed by atoms with Crippen molar-refractivity contribution >= 4 is 44.9 Å². The van der Waals surface area contributed by atoms with Crippen LogP contribution in [0, 0.1) is 6.92 Å². The standard InChI is InChI=1S/C28H23N3O2S2/c1-19-24(20-11-5-2-6-12-20)25-26(35-19)30-28(31(27(25)33)22-15-9-4-10-16-22)34-18-17-23(32)29-21-13-7-3-8-14-21/h2-16H,17-18H2,1H3,(H,29,32). The first-order chi connectivity index (χ1) is 17.1. The number of thiophene rings is 1. The number of benzene rings is 3. The number of para-hydroxylation sites is 2. The van der Waals surface area contributed by atoms with Crippen molar-refractivity contribution in [3.8, 4) is 16.8 Å². The molecule has 0 radical (unpaired) electrons. The zero-order valence-corrected chi connectivity index (χ0v) is 20.7. The second-order valence-electron chi connectivity index (χ2n) is 7.96. The van der Waals surface area contributed by atoms with Crippen LogP contribution in [0.1, 0.15) is 11.3 Å². The monoisotopic (exact) mass is 497 g/mol. The number of nitrogens with one attached hydrogen (secondary N) is 1. The van der Waals surface area contributed by atoms with Gasteiger partial charge in [-0.2, -0.15) is 0 Å². The Morgan fingerprint density at radius 1 is 0.943 bits per heavy atom. The molecule has 0 bridgehead atoms. The van der Waals surface area contributed by atoms with E-state index in [2.05, 4.69) is 5.32 Å². The van der Waals surface area contributed by atoms with Crippen LogP contribution in [0.2, 0.25) is 0 Å². The Balaban J connectivity index is 1.51. The Kier molecular flexibility index (Phi) is 6.79. The number of aryl methyl sites for hydroxylation is 1. The average Bonchev–Trinajstić information content (AvgIpc) is 3.22. The van der Waals surface area contributed by atoms with Gasteiger partial charge in [-0.1, -0.05) is 78.5 Å². The van der Waals surface area contributed by atoms with Crippen molar-refractivity contribution in [3.05, 3.63) is 106 Å². The molecule has 3 aromatic carbocycles. The van der Waals surface area contributed by atoms with Gasteiger partial charge < -0.3 is 5.32 Å². The summed E-state index contributed by atoms with van der Waals surface area (Å²) in [5.74, 6) is 0.427. The van der Waals surface area contributed by atoms with Crippen molar-refractivity contribution in [3.63, 3.8) is 0 Å². The minimum atomic E-state index is -0.0966. The fourth-order valence-corrected chi connectivity index (χ4v) is 6.01. The van der Waals surface area contributed by atoms with Gasteiger partial charge in [0.15, 0.2) is 5.16 Å². The van der Waals surface area contributed by atoms with Gasteiger partial charge in [0, 0.05) is 28.3 Å². The molecule has 0 aliphatic carbocycles. The predicted octanol–water partition coefficient (Wildman–Crippen LogP) is 6.54. The summed E-state index contributed by atoms with van der Waals surface area (Å²) in [7, 11) is 0. The minimum Gasteiger partial charge on any atom is -0.326 e. The molecule has 1 N–H and O–H groups in total. The van der Waals surface area contributed by atoms with Gasteiger partial charge in [-0.05, 0) is 36.8 Å². The van der Waals surface area contributed by atoms with E-state index in [9.17, 15) is 9.59 Å². The highest BCUT2D eigenvalue weighted by Gasteiger charge is 2.21. The molecule has 2 aromatic heterocycles. The number of aromatic nitrogens is 2. The summed E-state index contributed by atoms with van der Waals surface area (Å²) in [6.45, 7) is 2.03. The third-order valence-electron chi connectivity index (χ3n) is 5.57. The van der Waals surface area contributed by atoms with Gasteiger partial charge in [0.1, 0.15) is 4.83 Å². The van der Waals surface area contributed by atoms with Gasteiger partial charge in [-0.25, -0.2) is 4.98 Å². The Morgan fingerprint density at radius 3 is 2.26 bits per heavy atom. The molecular formula is C28H23N3O2S2. The summed E-state index contributed by atoms with van der Waals surface area (Å²) < 4.78 is 1.67. The molecule has 5 nitrogen and oxygen atoms in total. The average molecular weight is 498 g/mol. The first-order valence-corrected chi connectivity index (χ1v) is 13.1. The summed E-state index contributed by atoms with van der Waals surface area (Å²) in [6.07, 6.45) is 0.307. The van der Waals surface area contributed by atoms with Crippen molar-refractivity contribution in [2.45, 2.75) is 18.5 Å². The summed E-state index contributed by atoms with van der Waals surface area (Å²) in [6, 6.07) is 28.9. The summed E-state index contributed by atoms with van der Waals surface area (Å²) in [4.78, 5) is 33.0. The zero-order chi connectivity index (χ0) is 24.2. The highest BCUT2D eigenvalue weighted by molar-refractivity contribution is 7.99. The Labute approximate surface area is 211 Å². The van der Waals surface area contributed by atoms with E-state index in [0.717, 1.165) is 32.2 Å². The van der Waals surface area contributed by atoms with Gasteiger partial charge in [0.2, 0.25) is 5.91 Å². The lowest BCUT2D eigenvalue weighted by molar-refractivity contribution is -0.115. The number of anilines is 1. The molecule has 0 spiro atoms. The number of carbonyl (C=O) groups excluding carboxylic acids is 1. The zero-order valence-electron chi connectivity index (χ0n) is 19.1. The maximum Gasteiger partial charge on any atom is 0.268 e. The maximum absolute atomic E-state index is 13.9. The van der Waals surface area contributed by atoms with Crippen molar-refractivity contribution in [1.29, 1.82) is 0 Å². The molecule has 2 heterocycles. The largest absolute Gasteiger partial charge is 0.326 e. The van der Waals surface area contributed by atoms with E-state index in [0.29, 0.717) is 22.7 Å². The molecule has 0 fully saturated rings. The Morgan fingerprint density at radius 2 is 1.57 bits per heavy atom. The highest BCUT2D eigenvalue weighted by Crippen LogP contribution is 2.37. The van der Waals surface area contributed by atoms with E-state index in [1.165, 1.54) is 23.1 Å². The van der Waals surface area contributed by atoms with E-state index < -0.39 is 0 Å². The SMILES string of the molecule is Cc1sc2nc(SCCC(=O)Nc3ccccc3)n(-c3ccccc3)c(=O)c2c1-c1ccccc1. The van der Waals surface area contributed by atoms with E-state index in [1.54, 1.807) is 4.57 Å². The Hall–Kier alpha value is -3.68. The van der Waals surface area contributed by atoms with E-state index >= 15 is 0 Å². The number of fused-ring (bicyclic) bond motifs is 1. The first kappa shape index (κ1) is 23.1. The van der Waals surface area contributed by atoms with Crippen LogP contribution in [0.4, 0.5) is 5.69 Å². The van der Waals surface area contributed by atoms with E-state index in [1.807, 2.05) is 97.9 Å². The minimum absolute atomic E-state index is 0.0725. The smallest absolute Gasteiger partial charge is 0.268 e. The van der Waals surface area contributed by atoms with Gasteiger partial charge in [0.05, 0.1) is 11.1 Å². The normalized spacial score (nSPS) is 11.0. The summed E-state index contributed by atoms with van der Waals surface area (Å²) in [5.41, 5.74) is 3.37. The third kappa shape index (κ3) is 4.92. The second kappa shape index (κ2) is 10.3. The van der Waals surface area contributed by atoms with Crippen LogP contribution < -0.4 is 10.9 Å².